The Hall–Kier alpha value is -2.63. The molecule has 3 aromatic rings. The van der Waals surface area contributed by atoms with Gasteiger partial charge < -0.3 is 20.3 Å². The molecule has 2 heterocycles. The molecule has 1 aromatic carbocycles. The summed E-state index contributed by atoms with van der Waals surface area (Å²) in [6.07, 6.45) is 0. The third-order valence-electron chi connectivity index (χ3n) is 2.84. The molecule has 25 heavy (non-hydrogen) atoms. The fourth-order valence-corrected chi connectivity index (χ4v) is 3.55. The maximum atomic E-state index is 12.5. The van der Waals surface area contributed by atoms with E-state index in [1.807, 2.05) is 6.07 Å². The van der Waals surface area contributed by atoms with Gasteiger partial charge in [0.1, 0.15) is 11.2 Å². The van der Waals surface area contributed by atoms with Crippen LogP contribution in [-0.4, -0.2) is 27.6 Å². The number of ether oxygens (including phenoxy) is 1. The highest BCUT2D eigenvalue weighted by Gasteiger charge is 2.22. The Labute approximate surface area is 153 Å². The van der Waals surface area contributed by atoms with Crippen molar-refractivity contribution in [2.24, 2.45) is 5.16 Å². The molecule has 0 aliphatic carbocycles. The van der Waals surface area contributed by atoms with E-state index in [0.717, 1.165) is 23.0 Å². The normalized spacial score (nSPS) is 11.5. The summed E-state index contributed by atoms with van der Waals surface area (Å²) >= 11 is 7.58. The summed E-state index contributed by atoms with van der Waals surface area (Å²) in [7, 11) is 0. The number of rotatable bonds is 4. The van der Waals surface area contributed by atoms with Crippen molar-refractivity contribution in [3.05, 3.63) is 33.2 Å². The molecule has 3 N–H and O–H groups in total. The van der Waals surface area contributed by atoms with Gasteiger partial charge in [-0.25, -0.2) is 14.6 Å². The van der Waals surface area contributed by atoms with Gasteiger partial charge in [-0.1, -0.05) is 11.2 Å². The van der Waals surface area contributed by atoms with Crippen LogP contribution in [0.3, 0.4) is 0 Å². The van der Waals surface area contributed by atoms with Crippen LogP contribution in [0.15, 0.2) is 28.7 Å². The Morgan fingerprint density at radius 2 is 2.20 bits per heavy atom. The first-order valence-electron chi connectivity index (χ1n) is 6.75. The van der Waals surface area contributed by atoms with Crippen LogP contribution in [0.5, 0.6) is 5.75 Å². The number of nitrogens with zero attached hydrogens (tertiary/aromatic N) is 2. The van der Waals surface area contributed by atoms with Gasteiger partial charge in [0.2, 0.25) is 5.71 Å². The lowest BCUT2D eigenvalue weighted by atomic mass is 10.3. The van der Waals surface area contributed by atoms with Gasteiger partial charge in [0.25, 0.3) is 0 Å². The van der Waals surface area contributed by atoms with Gasteiger partial charge in [0, 0.05) is 12.3 Å². The number of para-hydroxylation sites is 1. The number of fused-ring (bicyclic) bond motifs is 1. The van der Waals surface area contributed by atoms with Gasteiger partial charge in [0.15, 0.2) is 14.8 Å². The Balaban J connectivity index is 1.95. The molecule has 11 heteroatoms. The second kappa shape index (κ2) is 7.09. The van der Waals surface area contributed by atoms with Gasteiger partial charge in [-0.05, 0) is 24.4 Å². The van der Waals surface area contributed by atoms with Crippen LogP contribution in [-0.2, 0) is 14.4 Å². The number of hydrogen-bond donors (Lipinski definition) is 2. The van der Waals surface area contributed by atoms with Crippen LogP contribution in [0.4, 0.5) is 5.13 Å². The van der Waals surface area contributed by atoms with Gasteiger partial charge in [-0.15, -0.1) is 22.7 Å². The van der Waals surface area contributed by atoms with Gasteiger partial charge >= 0.3 is 11.9 Å². The number of oxime groups is 1. The van der Waals surface area contributed by atoms with E-state index in [1.165, 1.54) is 16.7 Å². The number of H-pyrrole nitrogens is 1. The number of nitrogen functional groups attached to an aromatic ring is 1. The molecule has 0 aliphatic rings. The second-order valence-electron chi connectivity index (χ2n) is 4.63. The Morgan fingerprint density at radius 3 is 2.88 bits per heavy atom. The first kappa shape index (κ1) is 17.2. The highest BCUT2D eigenvalue weighted by Crippen LogP contribution is 2.28. The first-order chi connectivity index (χ1) is 11.9. The standard InChI is InChI=1S/C14H10N4O4S3/c1-6(19)22-18-10(7-5-24-13(15)16-7)12(20)21-8-3-2-4-9-11(8)17-14(23)25-9/h2-5H,1H3,(H2,15,16)(H,17,23)/b18-10-. The fourth-order valence-electron chi connectivity index (χ4n) is 1.87. The predicted octanol–water partition coefficient (Wildman–Crippen LogP) is 2.87. The molecule has 0 saturated heterocycles. The van der Waals surface area contributed by atoms with E-state index in [4.69, 9.17) is 22.7 Å². The van der Waals surface area contributed by atoms with E-state index in [0.29, 0.717) is 9.47 Å². The monoisotopic (exact) mass is 394 g/mol. The molecule has 0 saturated carbocycles. The van der Waals surface area contributed by atoms with Crippen molar-refractivity contribution in [1.82, 2.24) is 9.97 Å². The summed E-state index contributed by atoms with van der Waals surface area (Å²) in [5.74, 6) is -1.25. The lowest BCUT2D eigenvalue weighted by Gasteiger charge is -2.06. The lowest BCUT2D eigenvalue weighted by Crippen LogP contribution is -2.23. The summed E-state index contributed by atoms with van der Waals surface area (Å²) in [6, 6.07) is 5.18. The molecular weight excluding hydrogens is 384 g/mol. The number of carbonyl (C=O) groups excluding carboxylic acids is 2. The minimum atomic E-state index is -0.843. The van der Waals surface area contributed by atoms with Crippen molar-refractivity contribution in [1.29, 1.82) is 0 Å². The molecule has 2 aromatic heterocycles. The molecule has 0 spiro atoms. The van der Waals surface area contributed by atoms with E-state index in [9.17, 15) is 9.59 Å². The number of thiazole rings is 2. The van der Waals surface area contributed by atoms with E-state index >= 15 is 0 Å². The van der Waals surface area contributed by atoms with Crippen molar-refractivity contribution in [2.75, 3.05) is 5.73 Å². The van der Waals surface area contributed by atoms with Gasteiger partial charge in [-0.2, -0.15) is 0 Å². The minimum Gasteiger partial charge on any atom is -0.419 e. The van der Waals surface area contributed by atoms with Crippen molar-refractivity contribution in [3.63, 3.8) is 0 Å². The zero-order valence-electron chi connectivity index (χ0n) is 12.6. The molecule has 0 amide bonds. The van der Waals surface area contributed by atoms with Crippen molar-refractivity contribution >= 4 is 67.9 Å². The molecule has 0 bridgehead atoms. The number of anilines is 1. The molecular formula is C14H10N4O4S3. The van der Waals surface area contributed by atoms with Crippen LogP contribution in [0.25, 0.3) is 10.2 Å². The number of benzene rings is 1. The maximum absolute atomic E-state index is 12.5. The summed E-state index contributed by atoms with van der Waals surface area (Å²) in [4.78, 5) is 35.0. The minimum absolute atomic E-state index is 0.152. The smallest absolute Gasteiger partial charge is 0.368 e. The van der Waals surface area contributed by atoms with Crippen LogP contribution in [0.2, 0.25) is 0 Å². The quantitative estimate of drug-likeness (QED) is 0.174. The third kappa shape index (κ3) is 3.90. The largest absolute Gasteiger partial charge is 0.419 e. The summed E-state index contributed by atoms with van der Waals surface area (Å²) in [6.45, 7) is 1.16. The number of aromatic nitrogens is 2. The molecule has 8 nitrogen and oxygen atoms in total. The number of nitrogens with two attached hydrogens (primary N) is 1. The average molecular weight is 394 g/mol. The topological polar surface area (TPSA) is 120 Å². The molecule has 0 radical (unpaired) electrons. The Morgan fingerprint density at radius 1 is 1.40 bits per heavy atom. The molecule has 0 aliphatic heterocycles. The number of hydrogen-bond acceptors (Lipinski definition) is 10. The van der Waals surface area contributed by atoms with Crippen molar-refractivity contribution in [2.45, 2.75) is 6.92 Å². The third-order valence-corrected chi connectivity index (χ3v) is 4.72. The average Bonchev–Trinajstić information content (AvgIpc) is 3.13. The van der Waals surface area contributed by atoms with Crippen molar-refractivity contribution in [3.8, 4) is 5.75 Å². The Kier molecular flexibility index (Phi) is 4.88. The molecule has 3 rings (SSSR count). The fraction of sp³-hybridized carbons (Fsp3) is 0.0714. The van der Waals surface area contributed by atoms with Crippen LogP contribution in [0, 0.1) is 3.95 Å². The van der Waals surface area contributed by atoms with E-state index in [-0.39, 0.29) is 22.3 Å². The summed E-state index contributed by atoms with van der Waals surface area (Å²) in [5, 5.41) is 5.29. The second-order valence-corrected chi connectivity index (χ2v) is 7.24. The Bertz CT molecular complexity index is 1050. The van der Waals surface area contributed by atoms with Crippen LogP contribution in [0.1, 0.15) is 12.6 Å². The molecule has 0 atom stereocenters. The van der Waals surface area contributed by atoms with Gasteiger partial charge in [0.05, 0.1) is 4.70 Å². The molecule has 0 unspecified atom stereocenters. The van der Waals surface area contributed by atoms with Crippen LogP contribution < -0.4 is 10.5 Å². The molecule has 0 fully saturated rings. The summed E-state index contributed by atoms with van der Waals surface area (Å²) < 4.78 is 6.79. The first-order valence-corrected chi connectivity index (χ1v) is 8.85. The number of carbonyl (C=O) groups is 2. The summed E-state index contributed by atoms with van der Waals surface area (Å²) in [5.41, 5.74) is 6.06. The maximum Gasteiger partial charge on any atom is 0.368 e. The zero-order chi connectivity index (χ0) is 18.0. The number of aromatic amines is 1. The van der Waals surface area contributed by atoms with E-state index < -0.39 is 11.9 Å². The SMILES string of the molecule is CC(=O)O/N=C(\C(=O)Oc1cccc2sc(=S)[nH]c12)c1csc(N)n1. The van der Waals surface area contributed by atoms with E-state index in [2.05, 4.69) is 20.0 Å². The zero-order valence-corrected chi connectivity index (χ0v) is 15.1. The number of esters is 1. The van der Waals surface area contributed by atoms with Gasteiger partial charge in [-0.3, -0.25) is 0 Å². The van der Waals surface area contributed by atoms with Crippen LogP contribution >= 0.6 is 34.9 Å². The molecule has 128 valence electrons. The van der Waals surface area contributed by atoms with E-state index in [1.54, 1.807) is 12.1 Å². The lowest BCUT2D eigenvalue weighted by molar-refractivity contribution is -0.141. The number of nitrogens with one attached hydrogen (secondary N) is 1. The highest BCUT2D eigenvalue weighted by molar-refractivity contribution is 7.73. The highest BCUT2D eigenvalue weighted by atomic mass is 32.1. The van der Waals surface area contributed by atoms with Crippen molar-refractivity contribution < 1.29 is 19.2 Å². The predicted molar refractivity (Wildman–Crippen MR) is 97.5 cm³/mol.